The Kier molecular flexibility index (Phi) is 3.36. The van der Waals surface area contributed by atoms with Crippen LogP contribution in [0.1, 0.15) is 17.2 Å². The third-order valence-corrected chi connectivity index (χ3v) is 3.05. The number of rotatable bonds is 3. The van der Waals surface area contributed by atoms with Crippen LogP contribution in [0.2, 0.25) is 0 Å². The van der Waals surface area contributed by atoms with Crippen LogP contribution in [0.4, 0.5) is 0 Å². The smallest absolute Gasteiger partial charge is 0.218 e. The fraction of sp³-hybridized carbons (Fsp3) is 0.125. The molecular formula is C16H15N3. The monoisotopic (exact) mass is 249 g/mol. The van der Waals surface area contributed by atoms with Gasteiger partial charge in [0.05, 0.1) is 6.54 Å². The molecule has 3 nitrogen and oxygen atoms in total. The molecule has 1 aliphatic rings. The predicted octanol–water partition coefficient (Wildman–Crippen LogP) is 2.81. The molecule has 0 aliphatic carbocycles. The van der Waals surface area contributed by atoms with Crippen LogP contribution in [-0.4, -0.2) is 18.7 Å². The van der Waals surface area contributed by atoms with Gasteiger partial charge in [0.1, 0.15) is 6.04 Å². The van der Waals surface area contributed by atoms with Crippen LogP contribution in [0.25, 0.3) is 0 Å². The highest BCUT2D eigenvalue weighted by Crippen LogP contribution is 2.26. The second-order valence-electron chi connectivity index (χ2n) is 4.37. The van der Waals surface area contributed by atoms with Crippen molar-refractivity contribution >= 4 is 12.2 Å². The maximum Gasteiger partial charge on any atom is 0.218 e. The molecule has 2 aromatic carbocycles. The van der Waals surface area contributed by atoms with E-state index in [1.165, 1.54) is 11.1 Å². The maximum absolute atomic E-state index is 4.72. The van der Waals surface area contributed by atoms with Crippen LogP contribution in [0.15, 0.2) is 70.6 Å². The maximum atomic E-state index is 4.72. The summed E-state index contributed by atoms with van der Waals surface area (Å²) in [7, 11) is 0. The number of aliphatic imine (C=N–C) groups is 2. The van der Waals surface area contributed by atoms with Crippen LogP contribution in [-0.2, 0) is 0 Å². The Morgan fingerprint density at radius 1 is 0.895 bits per heavy atom. The Balaban J connectivity index is 2.01. The molecule has 1 heterocycles. The molecule has 0 aromatic heterocycles. The molecule has 0 fully saturated rings. The van der Waals surface area contributed by atoms with Crippen LogP contribution in [0, 0.1) is 0 Å². The van der Waals surface area contributed by atoms with Gasteiger partial charge in [0.15, 0.2) is 0 Å². The molecule has 19 heavy (non-hydrogen) atoms. The predicted molar refractivity (Wildman–Crippen MR) is 78.7 cm³/mol. The molecule has 0 amide bonds. The van der Waals surface area contributed by atoms with Crippen molar-refractivity contribution in [1.82, 2.24) is 5.32 Å². The molecule has 0 spiro atoms. The van der Waals surface area contributed by atoms with E-state index in [0.29, 0.717) is 5.96 Å². The van der Waals surface area contributed by atoms with Crippen LogP contribution < -0.4 is 5.32 Å². The highest BCUT2D eigenvalue weighted by Gasteiger charge is 2.14. The van der Waals surface area contributed by atoms with E-state index in [1.54, 1.807) is 0 Å². The second-order valence-corrected chi connectivity index (χ2v) is 4.37. The van der Waals surface area contributed by atoms with Crippen molar-refractivity contribution in [1.29, 1.82) is 0 Å². The van der Waals surface area contributed by atoms with Gasteiger partial charge < -0.3 is 5.32 Å². The number of nitrogens with one attached hydrogen (secondary N) is 1. The first kappa shape index (κ1) is 11.7. The lowest BCUT2D eigenvalue weighted by Crippen LogP contribution is -2.17. The summed E-state index contributed by atoms with van der Waals surface area (Å²) in [6.07, 6.45) is 1.84. The van der Waals surface area contributed by atoms with Crippen molar-refractivity contribution in [2.45, 2.75) is 6.04 Å². The Hall–Kier alpha value is -2.42. The molecule has 3 heteroatoms. The van der Waals surface area contributed by atoms with Crippen molar-refractivity contribution in [3.8, 4) is 0 Å². The summed E-state index contributed by atoms with van der Waals surface area (Å²) >= 11 is 0. The lowest BCUT2D eigenvalue weighted by molar-refractivity contribution is 0.857. The third-order valence-electron chi connectivity index (χ3n) is 3.05. The minimum absolute atomic E-state index is 0.0138. The van der Waals surface area contributed by atoms with Gasteiger partial charge in [-0.3, -0.25) is 0 Å². The average Bonchev–Trinajstić information content (AvgIpc) is 3.00. The lowest BCUT2D eigenvalue weighted by Gasteiger charge is -2.14. The summed E-state index contributed by atoms with van der Waals surface area (Å²) in [4.78, 5) is 8.96. The highest BCUT2D eigenvalue weighted by molar-refractivity contribution is 5.94. The average molecular weight is 249 g/mol. The van der Waals surface area contributed by atoms with E-state index in [9.17, 15) is 0 Å². The number of nitrogens with zero attached hydrogens (tertiary/aromatic N) is 2. The number of hydrogen-bond donors (Lipinski definition) is 1. The summed E-state index contributed by atoms with van der Waals surface area (Å²) < 4.78 is 0. The molecule has 0 saturated heterocycles. The van der Waals surface area contributed by atoms with Crippen molar-refractivity contribution in [2.24, 2.45) is 9.98 Å². The summed E-state index contributed by atoms with van der Waals surface area (Å²) in [5, 5.41) is 3.15. The van der Waals surface area contributed by atoms with E-state index < -0.39 is 0 Å². The number of benzene rings is 2. The zero-order chi connectivity index (χ0) is 12.9. The van der Waals surface area contributed by atoms with Gasteiger partial charge in [0.25, 0.3) is 0 Å². The summed E-state index contributed by atoms with van der Waals surface area (Å²) in [5.41, 5.74) is 2.34. The first-order chi connectivity index (χ1) is 9.43. The molecule has 1 aliphatic heterocycles. The van der Waals surface area contributed by atoms with E-state index in [-0.39, 0.29) is 6.04 Å². The van der Waals surface area contributed by atoms with E-state index in [0.717, 1.165) is 6.54 Å². The van der Waals surface area contributed by atoms with Gasteiger partial charge in [-0.2, -0.15) is 0 Å². The van der Waals surface area contributed by atoms with Gasteiger partial charge in [-0.05, 0) is 11.1 Å². The molecule has 0 saturated carbocycles. The zero-order valence-electron chi connectivity index (χ0n) is 10.5. The van der Waals surface area contributed by atoms with E-state index >= 15 is 0 Å². The van der Waals surface area contributed by atoms with Crippen molar-refractivity contribution in [3.05, 3.63) is 71.8 Å². The van der Waals surface area contributed by atoms with E-state index in [2.05, 4.69) is 34.6 Å². The minimum Gasteiger partial charge on any atom is -0.349 e. The number of hydrogen-bond acceptors (Lipinski definition) is 1. The molecule has 94 valence electrons. The van der Waals surface area contributed by atoms with Crippen LogP contribution in [0.5, 0.6) is 0 Å². The zero-order valence-corrected chi connectivity index (χ0v) is 10.5. The third kappa shape index (κ3) is 2.71. The van der Waals surface area contributed by atoms with Crippen molar-refractivity contribution in [3.63, 3.8) is 0 Å². The molecule has 0 atom stereocenters. The van der Waals surface area contributed by atoms with E-state index in [1.807, 2.05) is 42.6 Å². The first-order valence-corrected chi connectivity index (χ1v) is 6.37. The SMILES string of the molecule is C1=NC(=NC(c2ccccc2)c2ccccc2)NC1. The Bertz CT molecular complexity index is 548. The second kappa shape index (κ2) is 5.48. The molecule has 0 unspecified atom stereocenters. The topological polar surface area (TPSA) is 36.8 Å². The minimum atomic E-state index is -0.0138. The Morgan fingerprint density at radius 2 is 1.47 bits per heavy atom. The quantitative estimate of drug-likeness (QED) is 0.892. The largest absolute Gasteiger partial charge is 0.349 e. The van der Waals surface area contributed by atoms with Gasteiger partial charge >= 0.3 is 0 Å². The van der Waals surface area contributed by atoms with Crippen LogP contribution in [0.3, 0.4) is 0 Å². The lowest BCUT2D eigenvalue weighted by atomic mass is 9.99. The summed E-state index contributed by atoms with van der Waals surface area (Å²) in [5.74, 6) is 0.706. The highest BCUT2D eigenvalue weighted by atomic mass is 15.2. The summed E-state index contributed by atoms with van der Waals surface area (Å²) in [6, 6.07) is 20.6. The molecular weight excluding hydrogens is 234 g/mol. The fourth-order valence-electron chi connectivity index (χ4n) is 2.13. The fourth-order valence-corrected chi connectivity index (χ4v) is 2.13. The Morgan fingerprint density at radius 3 is 1.95 bits per heavy atom. The van der Waals surface area contributed by atoms with Crippen molar-refractivity contribution < 1.29 is 0 Å². The van der Waals surface area contributed by atoms with Gasteiger partial charge in [-0.1, -0.05) is 60.7 Å². The summed E-state index contributed by atoms with van der Waals surface area (Å²) in [6.45, 7) is 0.759. The van der Waals surface area contributed by atoms with Crippen molar-refractivity contribution in [2.75, 3.05) is 6.54 Å². The van der Waals surface area contributed by atoms with E-state index in [4.69, 9.17) is 4.99 Å². The Labute approximate surface area is 112 Å². The number of guanidine groups is 1. The first-order valence-electron chi connectivity index (χ1n) is 6.37. The normalized spacial score (nSPS) is 15.9. The van der Waals surface area contributed by atoms with Gasteiger partial charge in [-0.25, -0.2) is 9.98 Å². The van der Waals surface area contributed by atoms with Gasteiger partial charge in [0, 0.05) is 6.21 Å². The van der Waals surface area contributed by atoms with Gasteiger partial charge in [-0.15, -0.1) is 0 Å². The molecule has 3 rings (SSSR count). The standard InChI is InChI=1S/C16H15N3/c1-3-7-13(8-4-1)15(14-9-5-2-6-10-14)19-16-17-11-12-18-16/h1-11,15H,12H2,(H,18,19). The van der Waals surface area contributed by atoms with Crippen LogP contribution >= 0.6 is 0 Å². The molecule has 0 radical (unpaired) electrons. The molecule has 1 N–H and O–H groups in total. The molecule has 0 bridgehead atoms. The van der Waals surface area contributed by atoms with Gasteiger partial charge in [0.2, 0.25) is 5.96 Å². The molecule has 2 aromatic rings.